The highest BCUT2D eigenvalue weighted by Crippen LogP contribution is 2.12. The lowest BCUT2D eigenvalue weighted by Gasteiger charge is -2.07. The Hall–Kier alpha value is -1.59. The molecule has 0 heterocycles. The molecule has 124 valence electrons. The monoisotopic (exact) mass is 328 g/mol. The second-order valence-electron chi connectivity index (χ2n) is 4.74. The molecule has 1 rings (SSSR count). The maximum atomic E-state index is 11.5. The van der Waals surface area contributed by atoms with Gasteiger partial charge in [-0.1, -0.05) is 6.92 Å². The minimum Gasteiger partial charge on any atom is -0.494 e. The summed E-state index contributed by atoms with van der Waals surface area (Å²) in [5.74, 6) is 0.798. The van der Waals surface area contributed by atoms with E-state index >= 15 is 0 Å². The fraction of sp³-hybridized carbons (Fsp3) is 0.500. The fourth-order valence-electron chi connectivity index (χ4n) is 1.76. The van der Waals surface area contributed by atoms with Gasteiger partial charge in [0.05, 0.1) is 6.61 Å². The third kappa shape index (κ3) is 8.64. The summed E-state index contributed by atoms with van der Waals surface area (Å²) in [6, 6.07) is 7.02. The number of likely N-dealkylation sites (N-methyl/N-ethyl adjacent to an activating group) is 1. The SMILES string of the molecule is CCNCCNC(=O)CCCOc1ccc(C(C)=O)cc1.Cl. The number of nitrogens with one attached hydrogen (secondary N) is 2. The van der Waals surface area contributed by atoms with Gasteiger partial charge in [-0.15, -0.1) is 12.4 Å². The van der Waals surface area contributed by atoms with Gasteiger partial charge in [-0.25, -0.2) is 0 Å². The van der Waals surface area contributed by atoms with Crippen molar-refractivity contribution >= 4 is 24.1 Å². The number of hydrogen-bond donors (Lipinski definition) is 2. The number of carbonyl (C=O) groups is 2. The van der Waals surface area contributed by atoms with E-state index in [9.17, 15) is 9.59 Å². The van der Waals surface area contributed by atoms with Gasteiger partial charge in [0.15, 0.2) is 5.78 Å². The maximum absolute atomic E-state index is 11.5. The summed E-state index contributed by atoms with van der Waals surface area (Å²) in [6.07, 6.45) is 1.12. The molecule has 0 aromatic heterocycles. The summed E-state index contributed by atoms with van der Waals surface area (Å²) in [7, 11) is 0. The van der Waals surface area contributed by atoms with Gasteiger partial charge in [0.2, 0.25) is 5.91 Å². The number of hydrogen-bond acceptors (Lipinski definition) is 4. The van der Waals surface area contributed by atoms with Gasteiger partial charge in [-0.2, -0.15) is 0 Å². The number of Topliss-reactive ketones (excluding diaryl/α,β-unsaturated/α-hetero) is 1. The molecule has 22 heavy (non-hydrogen) atoms. The summed E-state index contributed by atoms with van der Waals surface area (Å²) in [4.78, 5) is 22.6. The van der Waals surface area contributed by atoms with Gasteiger partial charge in [0, 0.05) is 25.1 Å². The Morgan fingerprint density at radius 2 is 1.82 bits per heavy atom. The van der Waals surface area contributed by atoms with Crippen LogP contribution in [-0.2, 0) is 4.79 Å². The molecule has 0 bridgehead atoms. The Bertz CT molecular complexity index is 449. The van der Waals surface area contributed by atoms with Crippen LogP contribution in [0, 0.1) is 0 Å². The molecule has 0 saturated carbocycles. The van der Waals surface area contributed by atoms with Crippen molar-refractivity contribution in [1.82, 2.24) is 10.6 Å². The lowest BCUT2D eigenvalue weighted by Crippen LogP contribution is -2.31. The van der Waals surface area contributed by atoms with Crippen LogP contribution in [-0.4, -0.2) is 37.9 Å². The Morgan fingerprint density at radius 1 is 1.14 bits per heavy atom. The molecule has 0 saturated heterocycles. The molecule has 0 fully saturated rings. The molecule has 0 aliphatic rings. The largest absolute Gasteiger partial charge is 0.494 e. The van der Waals surface area contributed by atoms with Crippen LogP contribution in [0.25, 0.3) is 0 Å². The zero-order chi connectivity index (χ0) is 15.5. The highest BCUT2D eigenvalue weighted by molar-refractivity contribution is 5.94. The number of rotatable bonds is 10. The molecule has 0 aliphatic carbocycles. The second-order valence-corrected chi connectivity index (χ2v) is 4.74. The van der Waals surface area contributed by atoms with Crippen LogP contribution in [0.2, 0.25) is 0 Å². The van der Waals surface area contributed by atoms with E-state index in [1.54, 1.807) is 24.3 Å². The van der Waals surface area contributed by atoms with Crippen LogP contribution >= 0.6 is 12.4 Å². The van der Waals surface area contributed by atoms with Gasteiger partial charge in [0.25, 0.3) is 0 Å². The van der Waals surface area contributed by atoms with Gasteiger partial charge < -0.3 is 15.4 Å². The third-order valence-electron chi connectivity index (χ3n) is 2.95. The molecule has 6 heteroatoms. The van der Waals surface area contributed by atoms with Crippen molar-refractivity contribution in [2.75, 3.05) is 26.2 Å². The Labute approximate surface area is 138 Å². The van der Waals surface area contributed by atoms with Crippen molar-refractivity contribution in [2.45, 2.75) is 26.7 Å². The molecule has 1 amide bonds. The molecule has 0 atom stereocenters. The van der Waals surface area contributed by atoms with Crippen LogP contribution in [0.5, 0.6) is 5.75 Å². The summed E-state index contributed by atoms with van der Waals surface area (Å²) < 4.78 is 5.53. The lowest BCUT2D eigenvalue weighted by molar-refractivity contribution is -0.121. The smallest absolute Gasteiger partial charge is 0.220 e. The van der Waals surface area contributed by atoms with Gasteiger partial charge >= 0.3 is 0 Å². The summed E-state index contributed by atoms with van der Waals surface area (Å²) >= 11 is 0. The molecular formula is C16H25ClN2O3. The quantitative estimate of drug-likeness (QED) is 0.510. The molecule has 0 spiro atoms. The minimum atomic E-state index is 0. The Balaban J connectivity index is 0.00000441. The molecule has 0 aliphatic heterocycles. The fourth-order valence-corrected chi connectivity index (χ4v) is 1.76. The predicted octanol–water partition coefficient (Wildman–Crippen LogP) is 2.20. The number of carbonyl (C=O) groups excluding carboxylic acids is 2. The molecule has 1 aromatic carbocycles. The second kappa shape index (κ2) is 12.0. The molecule has 5 nitrogen and oxygen atoms in total. The summed E-state index contributed by atoms with van der Waals surface area (Å²) in [5.41, 5.74) is 0.669. The zero-order valence-corrected chi connectivity index (χ0v) is 14.0. The van der Waals surface area contributed by atoms with Crippen LogP contribution in [0.15, 0.2) is 24.3 Å². The van der Waals surface area contributed by atoms with Crippen molar-refractivity contribution in [1.29, 1.82) is 0 Å². The van der Waals surface area contributed by atoms with Crippen LogP contribution in [0.1, 0.15) is 37.0 Å². The topological polar surface area (TPSA) is 67.4 Å². The number of halogens is 1. The van der Waals surface area contributed by atoms with Gasteiger partial charge in [0.1, 0.15) is 5.75 Å². The molecule has 2 N–H and O–H groups in total. The lowest BCUT2D eigenvalue weighted by atomic mass is 10.1. The molecule has 0 unspecified atom stereocenters. The Kier molecular flexibility index (Phi) is 11.1. The number of amides is 1. The van der Waals surface area contributed by atoms with E-state index in [-0.39, 0.29) is 24.1 Å². The number of ketones is 1. The number of benzene rings is 1. The van der Waals surface area contributed by atoms with Crippen molar-refractivity contribution < 1.29 is 14.3 Å². The standard InChI is InChI=1S/C16H24N2O3.ClH/c1-3-17-10-11-18-16(20)5-4-12-21-15-8-6-14(7-9-15)13(2)19;/h6-9,17H,3-5,10-12H2,1-2H3,(H,18,20);1H. The molecule has 0 radical (unpaired) electrons. The highest BCUT2D eigenvalue weighted by atomic mass is 35.5. The van der Waals surface area contributed by atoms with Crippen LogP contribution < -0.4 is 15.4 Å². The van der Waals surface area contributed by atoms with E-state index in [1.165, 1.54) is 6.92 Å². The predicted molar refractivity (Wildman–Crippen MR) is 90.0 cm³/mol. The first kappa shape index (κ1) is 20.4. The van der Waals surface area contributed by atoms with E-state index in [1.807, 2.05) is 6.92 Å². The zero-order valence-electron chi connectivity index (χ0n) is 13.2. The van der Waals surface area contributed by atoms with Gasteiger partial charge in [-0.3, -0.25) is 9.59 Å². The first-order valence-corrected chi connectivity index (χ1v) is 7.34. The van der Waals surface area contributed by atoms with E-state index in [2.05, 4.69) is 10.6 Å². The highest BCUT2D eigenvalue weighted by Gasteiger charge is 2.02. The van der Waals surface area contributed by atoms with Crippen LogP contribution in [0.4, 0.5) is 0 Å². The van der Waals surface area contributed by atoms with Crippen LogP contribution in [0.3, 0.4) is 0 Å². The number of ether oxygens (including phenoxy) is 1. The van der Waals surface area contributed by atoms with E-state index in [0.29, 0.717) is 37.3 Å². The summed E-state index contributed by atoms with van der Waals surface area (Å²) in [5, 5.41) is 5.98. The summed E-state index contributed by atoms with van der Waals surface area (Å²) in [6.45, 7) is 6.40. The third-order valence-corrected chi connectivity index (χ3v) is 2.95. The normalized spacial score (nSPS) is 9.73. The minimum absolute atomic E-state index is 0. The first-order valence-electron chi connectivity index (χ1n) is 7.34. The van der Waals surface area contributed by atoms with E-state index in [4.69, 9.17) is 4.74 Å². The van der Waals surface area contributed by atoms with Crippen molar-refractivity contribution in [3.63, 3.8) is 0 Å². The van der Waals surface area contributed by atoms with Gasteiger partial charge in [-0.05, 0) is 44.2 Å². The van der Waals surface area contributed by atoms with E-state index < -0.39 is 0 Å². The van der Waals surface area contributed by atoms with Crippen molar-refractivity contribution in [3.05, 3.63) is 29.8 Å². The Morgan fingerprint density at radius 3 is 2.41 bits per heavy atom. The van der Waals surface area contributed by atoms with Crippen molar-refractivity contribution in [3.8, 4) is 5.75 Å². The van der Waals surface area contributed by atoms with Crippen molar-refractivity contribution in [2.24, 2.45) is 0 Å². The molecular weight excluding hydrogens is 304 g/mol. The average Bonchev–Trinajstić information content (AvgIpc) is 2.48. The average molecular weight is 329 g/mol. The van der Waals surface area contributed by atoms with E-state index in [0.717, 1.165) is 13.1 Å². The maximum Gasteiger partial charge on any atom is 0.220 e. The molecule has 1 aromatic rings. The first-order chi connectivity index (χ1) is 10.1.